The van der Waals surface area contributed by atoms with Crippen molar-refractivity contribution in [3.8, 4) is 11.4 Å². The van der Waals surface area contributed by atoms with Gasteiger partial charge < -0.3 is 9.64 Å². The normalized spacial score (nSPS) is 10.7. The number of tetrazole rings is 1. The Morgan fingerprint density at radius 3 is 2.71 bits per heavy atom. The number of carbonyl (C=O) groups is 1. The van der Waals surface area contributed by atoms with E-state index in [4.69, 9.17) is 4.74 Å². The summed E-state index contributed by atoms with van der Waals surface area (Å²) in [5.74, 6) is 0.461. The predicted octanol–water partition coefficient (Wildman–Crippen LogP) is 2.95. The minimum atomic E-state index is -0.299. The number of rotatable bonds is 8. The van der Waals surface area contributed by atoms with Crippen molar-refractivity contribution in [1.82, 2.24) is 25.1 Å². The average Bonchev–Trinajstić information content (AvgIpc) is 3.17. The van der Waals surface area contributed by atoms with Crippen molar-refractivity contribution in [3.63, 3.8) is 0 Å². The summed E-state index contributed by atoms with van der Waals surface area (Å²) in [4.78, 5) is 14.0. The smallest absolute Gasteiger partial charge is 0.233 e. The highest BCUT2D eigenvalue weighted by atomic mass is 32.2. The first kappa shape index (κ1) is 19.8. The van der Waals surface area contributed by atoms with E-state index < -0.39 is 0 Å². The molecule has 3 rings (SSSR count). The van der Waals surface area contributed by atoms with E-state index in [-0.39, 0.29) is 17.5 Å². The predicted molar refractivity (Wildman–Crippen MR) is 104 cm³/mol. The fraction of sp³-hybridized carbons (Fsp3) is 0.263. The Morgan fingerprint density at radius 1 is 1.21 bits per heavy atom. The molecule has 3 aromatic rings. The van der Waals surface area contributed by atoms with Crippen LogP contribution in [0.5, 0.6) is 5.75 Å². The van der Waals surface area contributed by atoms with Gasteiger partial charge in [0.05, 0.1) is 12.4 Å². The Kier molecular flexibility index (Phi) is 6.59. The Labute approximate surface area is 166 Å². The zero-order chi connectivity index (χ0) is 19.9. The standard InChI is InChI=1S/C19H20FN5O2S/c1-3-27-17-7-5-4-6-16(17)25-19(21-22-23-25)28-13-18(26)24(2)12-14-8-10-15(20)11-9-14/h4-11H,3,12-13H2,1-2H3. The summed E-state index contributed by atoms with van der Waals surface area (Å²) in [7, 11) is 1.71. The molecule has 1 aromatic heterocycles. The lowest BCUT2D eigenvalue weighted by Crippen LogP contribution is -2.27. The van der Waals surface area contributed by atoms with E-state index in [0.717, 1.165) is 5.56 Å². The fourth-order valence-corrected chi connectivity index (χ4v) is 3.34. The number of halogens is 1. The molecule has 146 valence electrons. The lowest BCUT2D eigenvalue weighted by atomic mass is 10.2. The van der Waals surface area contributed by atoms with Crippen LogP contribution in [-0.2, 0) is 11.3 Å². The number of para-hydroxylation sites is 2. The van der Waals surface area contributed by atoms with Gasteiger partial charge >= 0.3 is 0 Å². The van der Waals surface area contributed by atoms with Crippen LogP contribution >= 0.6 is 11.8 Å². The highest BCUT2D eigenvalue weighted by molar-refractivity contribution is 7.99. The molecule has 0 bridgehead atoms. The first-order valence-electron chi connectivity index (χ1n) is 8.70. The molecule has 0 aliphatic heterocycles. The van der Waals surface area contributed by atoms with Crippen molar-refractivity contribution in [1.29, 1.82) is 0 Å². The van der Waals surface area contributed by atoms with Gasteiger partial charge in [0.25, 0.3) is 0 Å². The summed E-state index contributed by atoms with van der Waals surface area (Å²) in [6.45, 7) is 2.83. The second kappa shape index (κ2) is 9.32. The maximum atomic E-state index is 13.0. The van der Waals surface area contributed by atoms with Crippen molar-refractivity contribution in [2.45, 2.75) is 18.6 Å². The summed E-state index contributed by atoms with van der Waals surface area (Å²) in [5, 5.41) is 12.3. The minimum absolute atomic E-state index is 0.0815. The monoisotopic (exact) mass is 401 g/mol. The summed E-state index contributed by atoms with van der Waals surface area (Å²) in [5.41, 5.74) is 1.57. The number of ether oxygens (including phenoxy) is 1. The first-order chi connectivity index (χ1) is 13.6. The van der Waals surface area contributed by atoms with Gasteiger partial charge in [-0.3, -0.25) is 4.79 Å². The second-order valence-corrected chi connectivity index (χ2v) is 6.88. The van der Waals surface area contributed by atoms with Crippen LogP contribution in [0, 0.1) is 5.82 Å². The van der Waals surface area contributed by atoms with Crippen molar-refractivity contribution < 1.29 is 13.9 Å². The minimum Gasteiger partial charge on any atom is -0.492 e. The zero-order valence-electron chi connectivity index (χ0n) is 15.6. The molecule has 0 aliphatic carbocycles. The van der Waals surface area contributed by atoms with Crippen molar-refractivity contribution in [3.05, 3.63) is 59.9 Å². The molecule has 0 unspecified atom stereocenters. The second-order valence-electron chi connectivity index (χ2n) is 5.94. The SMILES string of the molecule is CCOc1ccccc1-n1nnnc1SCC(=O)N(C)Cc1ccc(F)cc1. The lowest BCUT2D eigenvalue weighted by molar-refractivity contribution is -0.127. The van der Waals surface area contributed by atoms with Gasteiger partial charge in [-0.15, -0.1) is 5.10 Å². The van der Waals surface area contributed by atoms with Gasteiger partial charge in [0.2, 0.25) is 11.1 Å². The van der Waals surface area contributed by atoms with Gasteiger partial charge in [-0.1, -0.05) is 36.0 Å². The summed E-state index contributed by atoms with van der Waals surface area (Å²) in [6, 6.07) is 13.5. The molecule has 7 nitrogen and oxygen atoms in total. The number of nitrogens with zero attached hydrogens (tertiary/aromatic N) is 5. The number of aromatic nitrogens is 4. The number of thioether (sulfide) groups is 1. The molecular formula is C19H20FN5O2S. The van der Waals surface area contributed by atoms with E-state index >= 15 is 0 Å². The molecule has 0 saturated carbocycles. The van der Waals surface area contributed by atoms with Gasteiger partial charge in [-0.05, 0) is 47.2 Å². The third-order valence-electron chi connectivity index (χ3n) is 3.92. The number of hydrogen-bond acceptors (Lipinski definition) is 6. The van der Waals surface area contributed by atoms with Crippen LogP contribution in [0.15, 0.2) is 53.7 Å². The summed E-state index contributed by atoms with van der Waals surface area (Å²) >= 11 is 1.24. The van der Waals surface area contributed by atoms with Gasteiger partial charge in [0.1, 0.15) is 17.3 Å². The van der Waals surface area contributed by atoms with Gasteiger partial charge in [0.15, 0.2) is 0 Å². The molecule has 1 heterocycles. The average molecular weight is 401 g/mol. The largest absolute Gasteiger partial charge is 0.492 e. The molecule has 0 radical (unpaired) electrons. The number of amides is 1. The van der Waals surface area contributed by atoms with E-state index in [2.05, 4.69) is 15.5 Å². The zero-order valence-corrected chi connectivity index (χ0v) is 16.4. The molecule has 0 fully saturated rings. The van der Waals surface area contributed by atoms with Crippen LogP contribution in [-0.4, -0.2) is 50.4 Å². The molecular weight excluding hydrogens is 381 g/mol. The molecule has 28 heavy (non-hydrogen) atoms. The third kappa shape index (κ3) is 4.86. The Bertz CT molecular complexity index is 932. The molecule has 0 atom stereocenters. The maximum Gasteiger partial charge on any atom is 0.233 e. The third-order valence-corrected chi connectivity index (χ3v) is 4.82. The molecule has 0 saturated heterocycles. The van der Waals surface area contributed by atoms with Crippen LogP contribution < -0.4 is 4.74 Å². The highest BCUT2D eigenvalue weighted by Gasteiger charge is 2.16. The van der Waals surface area contributed by atoms with E-state index in [1.807, 2.05) is 31.2 Å². The lowest BCUT2D eigenvalue weighted by Gasteiger charge is -2.17. The van der Waals surface area contributed by atoms with Crippen molar-refractivity contribution in [2.75, 3.05) is 19.4 Å². The van der Waals surface area contributed by atoms with Crippen molar-refractivity contribution in [2.24, 2.45) is 0 Å². The molecule has 2 aromatic carbocycles. The van der Waals surface area contributed by atoms with Crippen LogP contribution in [0.1, 0.15) is 12.5 Å². The van der Waals surface area contributed by atoms with Crippen LogP contribution in [0.25, 0.3) is 5.69 Å². The van der Waals surface area contributed by atoms with Crippen LogP contribution in [0.3, 0.4) is 0 Å². The maximum absolute atomic E-state index is 13.0. The van der Waals surface area contributed by atoms with Crippen LogP contribution in [0.4, 0.5) is 4.39 Å². The summed E-state index contributed by atoms with van der Waals surface area (Å²) < 4.78 is 20.2. The van der Waals surface area contributed by atoms with Gasteiger partial charge in [0, 0.05) is 13.6 Å². The Morgan fingerprint density at radius 2 is 1.96 bits per heavy atom. The fourth-order valence-electron chi connectivity index (χ4n) is 2.52. The molecule has 9 heteroatoms. The van der Waals surface area contributed by atoms with Gasteiger partial charge in [-0.2, -0.15) is 4.68 Å². The topological polar surface area (TPSA) is 73.1 Å². The first-order valence-corrected chi connectivity index (χ1v) is 9.69. The number of benzene rings is 2. The van der Waals surface area contributed by atoms with E-state index in [1.165, 1.54) is 23.9 Å². The number of hydrogen-bond donors (Lipinski definition) is 0. The summed E-state index contributed by atoms with van der Waals surface area (Å²) in [6.07, 6.45) is 0. The number of carbonyl (C=O) groups excluding carboxylic acids is 1. The molecule has 0 aliphatic rings. The quantitative estimate of drug-likeness (QED) is 0.541. The van der Waals surface area contributed by atoms with E-state index in [1.54, 1.807) is 28.8 Å². The van der Waals surface area contributed by atoms with Crippen LogP contribution in [0.2, 0.25) is 0 Å². The highest BCUT2D eigenvalue weighted by Crippen LogP contribution is 2.26. The molecule has 0 spiro atoms. The van der Waals surface area contributed by atoms with E-state index in [0.29, 0.717) is 29.7 Å². The Hall–Kier alpha value is -2.94. The molecule has 0 N–H and O–H groups in total. The molecule has 1 amide bonds. The van der Waals surface area contributed by atoms with Crippen molar-refractivity contribution >= 4 is 17.7 Å². The van der Waals surface area contributed by atoms with Gasteiger partial charge in [-0.25, -0.2) is 4.39 Å². The van der Waals surface area contributed by atoms with E-state index in [9.17, 15) is 9.18 Å². The Balaban J connectivity index is 1.65.